The molecule has 0 amide bonds. The average Bonchev–Trinajstić information content (AvgIpc) is 2.86. The van der Waals surface area contributed by atoms with E-state index in [1.165, 1.54) is 22.5 Å². The molecule has 1 aromatic carbocycles. The van der Waals surface area contributed by atoms with Crippen molar-refractivity contribution in [3.63, 3.8) is 0 Å². The maximum absolute atomic E-state index is 12.4. The van der Waals surface area contributed by atoms with Crippen molar-refractivity contribution in [2.24, 2.45) is 0 Å². The zero-order valence-corrected chi connectivity index (χ0v) is 12.3. The second-order valence-corrected chi connectivity index (χ2v) is 6.71. The summed E-state index contributed by atoms with van der Waals surface area (Å²) in [7, 11) is -3.74. The monoisotopic (exact) mass is 315 g/mol. The van der Waals surface area contributed by atoms with E-state index in [-0.39, 0.29) is 29.4 Å². The van der Waals surface area contributed by atoms with E-state index < -0.39 is 21.1 Å². The summed E-state index contributed by atoms with van der Waals surface area (Å²) in [5, 5.41) is 23.2. The van der Waals surface area contributed by atoms with E-state index in [2.05, 4.69) is 5.32 Å². The maximum Gasteiger partial charge on any atom is 0.292 e. The number of nitrogens with zero attached hydrogens (tertiary/aromatic N) is 2. The SMILES string of the molecule is CCNc1cc(S(=O)(=O)N2CCC(O)C2)ccc1[N+](=O)[O-]. The van der Waals surface area contributed by atoms with Gasteiger partial charge in [0, 0.05) is 25.7 Å². The van der Waals surface area contributed by atoms with Crippen molar-refractivity contribution in [2.45, 2.75) is 24.3 Å². The number of β-amino-alcohol motifs (C(OH)–C–C–N with tert-alkyl or cyclic N) is 1. The van der Waals surface area contributed by atoms with Gasteiger partial charge in [0.1, 0.15) is 5.69 Å². The molecule has 1 aliphatic rings. The third-order valence-corrected chi connectivity index (χ3v) is 5.16. The first-order valence-corrected chi connectivity index (χ1v) is 8.00. The molecule has 0 radical (unpaired) electrons. The number of sulfonamides is 1. The van der Waals surface area contributed by atoms with Gasteiger partial charge in [0.25, 0.3) is 5.69 Å². The number of aliphatic hydroxyl groups excluding tert-OH is 1. The van der Waals surface area contributed by atoms with Crippen LogP contribution in [0.3, 0.4) is 0 Å². The molecule has 2 rings (SSSR count). The Morgan fingerprint density at radius 2 is 2.24 bits per heavy atom. The quantitative estimate of drug-likeness (QED) is 0.613. The Labute approximate surface area is 122 Å². The van der Waals surface area contributed by atoms with Crippen LogP contribution in [0.5, 0.6) is 0 Å². The van der Waals surface area contributed by atoms with Gasteiger partial charge in [-0.2, -0.15) is 4.31 Å². The van der Waals surface area contributed by atoms with Crippen molar-refractivity contribution in [3.8, 4) is 0 Å². The number of nitrogens with one attached hydrogen (secondary N) is 1. The van der Waals surface area contributed by atoms with Crippen molar-refractivity contribution in [3.05, 3.63) is 28.3 Å². The standard InChI is InChI=1S/C12H17N3O5S/c1-2-13-11-7-10(3-4-12(11)15(17)18)21(19,20)14-6-5-9(16)8-14/h3-4,7,9,13,16H,2,5-6,8H2,1H3. The first kappa shape index (κ1) is 15.7. The highest BCUT2D eigenvalue weighted by molar-refractivity contribution is 7.89. The largest absolute Gasteiger partial charge is 0.392 e. The van der Waals surface area contributed by atoms with Crippen LogP contribution in [0.25, 0.3) is 0 Å². The Balaban J connectivity index is 2.40. The minimum absolute atomic E-state index is 0.0156. The van der Waals surface area contributed by atoms with Crippen molar-refractivity contribution < 1.29 is 18.4 Å². The molecule has 0 spiro atoms. The van der Waals surface area contributed by atoms with E-state index in [0.717, 1.165) is 0 Å². The predicted octanol–water partition coefficient (Wildman–Crippen LogP) is 0.782. The van der Waals surface area contributed by atoms with Gasteiger partial charge in [-0.3, -0.25) is 10.1 Å². The van der Waals surface area contributed by atoms with E-state index in [1.807, 2.05) is 0 Å². The fourth-order valence-corrected chi connectivity index (χ4v) is 3.76. The predicted molar refractivity (Wildman–Crippen MR) is 76.6 cm³/mol. The van der Waals surface area contributed by atoms with E-state index in [9.17, 15) is 23.6 Å². The number of hydrogen-bond acceptors (Lipinski definition) is 6. The fraction of sp³-hybridized carbons (Fsp3) is 0.500. The maximum atomic E-state index is 12.4. The Morgan fingerprint density at radius 3 is 2.76 bits per heavy atom. The van der Waals surface area contributed by atoms with Crippen LogP contribution in [-0.4, -0.2) is 48.5 Å². The van der Waals surface area contributed by atoms with Crippen LogP contribution < -0.4 is 5.32 Å². The second-order valence-electron chi connectivity index (χ2n) is 4.77. The molecule has 1 saturated heterocycles. The van der Waals surface area contributed by atoms with Crippen molar-refractivity contribution in [2.75, 3.05) is 25.0 Å². The average molecular weight is 315 g/mol. The number of nitro groups is 1. The summed E-state index contributed by atoms with van der Waals surface area (Å²) in [6.07, 6.45) is -0.266. The van der Waals surface area contributed by atoms with Gasteiger partial charge in [-0.1, -0.05) is 0 Å². The number of nitro benzene ring substituents is 1. The zero-order valence-electron chi connectivity index (χ0n) is 11.5. The molecule has 0 bridgehead atoms. The molecule has 116 valence electrons. The van der Waals surface area contributed by atoms with Crippen LogP contribution in [0.2, 0.25) is 0 Å². The third kappa shape index (κ3) is 3.14. The summed E-state index contributed by atoms with van der Waals surface area (Å²) in [6.45, 7) is 2.50. The van der Waals surface area contributed by atoms with Crippen molar-refractivity contribution >= 4 is 21.4 Å². The Morgan fingerprint density at radius 1 is 1.52 bits per heavy atom. The number of benzene rings is 1. The summed E-state index contributed by atoms with van der Waals surface area (Å²) >= 11 is 0. The molecule has 9 heteroatoms. The Kier molecular flexibility index (Phi) is 4.45. The molecule has 1 fully saturated rings. The molecular weight excluding hydrogens is 298 g/mol. The molecule has 21 heavy (non-hydrogen) atoms. The first-order valence-electron chi connectivity index (χ1n) is 6.56. The third-order valence-electron chi connectivity index (χ3n) is 3.30. The molecule has 1 aromatic rings. The number of hydrogen-bond donors (Lipinski definition) is 2. The summed E-state index contributed by atoms with van der Waals surface area (Å²) in [5.74, 6) is 0. The van der Waals surface area contributed by atoms with Gasteiger partial charge in [0.05, 0.1) is 15.9 Å². The Hall–Kier alpha value is -1.71. The fourth-order valence-electron chi connectivity index (χ4n) is 2.24. The topological polar surface area (TPSA) is 113 Å². The lowest BCUT2D eigenvalue weighted by molar-refractivity contribution is -0.384. The van der Waals surface area contributed by atoms with Crippen LogP contribution in [-0.2, 0) is 10.0 Å². The lowest BCUT2D eigenvalue weighted by atomic mass is 10.2. The molecule has 0 aromatic heterocycles. The first-order chi connectivity index (χ1) is 9.86. The summed E-state index contributed by atoms with van der Waals surface area (Å²) in [5.41, 5.74) is 0.000534. The van der Waals surface area contributed by atoms with Gasteiger partial charge in [0.2, 0.25) is 10.0 Å². The summed E-state index contributed by atoms with van der Waals surface area (Å²) in [4.78, 5) is 10.4. The van der Waals surface area contributed by atoms with Crippen molar-refractivity contribution in [1.82, 2.24) is 4.31 Å². The van der Waals surface area contributed by atoms with E-state index in [4.69, 9.17) is 0 Å². The summed E-state index contributed by atoms with van der Waals surface area (Å²) < 4.78 is 26.1. The number of rotatable bonds is 5. The minimum atomic E-state index is -3.74. The Bertz CT molecular complexity index is 646. The highest BCUT2D eigenvalue weighted by atomic mass is 32.2. The summed E-state index contributed by atoms with van der Waals surface area (Å²) in [6, 6.07) is 3.66. The smallest absolute Gasteiger partial charge is 0.292 e. The van der Waals surface area contributed by atoms with Crippen molar-refractivity contribution in [1.29, 1.82) is 0 Å². The van der Waals surface area contributed by atoms with Gasteiger partial charge in [0.15, 0.2) is 0 Å². The molecular formula is C12H17N3O5S. The van der Waals surface area contributed by atoms with E-state index in [1.54, 1.807) is 6.92 Å². The second kappa shape index (κ2) is 5.96. The molecule has 2 N–H and O–H groups in total. The van der Waals surface area contributed by atoms with Crippen LogP contribution in [0.1, 0.15) is 13.3 Å². The van der Waals surface area contributed by atoms with Crippen LogP contribution in [0.4, 0.5) is 11.4 Å². The normalized spacial score (nSPS) is 19.6. The van der Waals surface area contributed by atoms with Gasteiger partial charge in [-0.15, -0.1) is 0 Å². The van der Waals surface area contributed by atoms with Gasteiger partial charge < -0.3 is 10.4 Å². The minimum Gasteiger partial charge on any atom is -0.392 e. The van der Waals surface area contributed by atoms with E-state index in [0.29, 0.717) is 13.0 Å². The zero-order chi connectivity index (χ0) is 15.6. The lowest BCUT2D eigenvalue weighted by Crippen LogP contribution is -2.29. The van der Waals surface area contributed by atoms with Crippen LogP contribution in [0.15, 0.2) is 23.1 Å². The van der Waals surface area contributed by atoms with Gasteiger partial charge >= 0.3 is 0 Å². The molecule has 1 aliphatic heterocycles. The highest BCUT2D eigenvalue weighted by Gasteiger charge is 2.32. The molecule has 1 heterocycles. The van der Waals surface area contributed by atoms with E-state index >= 15 is 0 Å². The van der Waals surface area contributed by atoms with Crippen LogP contribution >= 0.6 is 0 Å². The molecule has 1 atom stereocenters. The number of anilines is 1. The molecule has 1 unspecified atom stereocenters. The van der Waals surface area contributed by atoms with Crippen LogP contribution in [0, 0.1) is 10.1 Å². The number of aliphatic hydroxyl groups is 1. The lowest BCUT2D eigenvalue weighted by Gasteiger charge is -2.16. The molecule has 0 aliphatic carbocycles. The molecule has 0 saturated carbocycles. The highest BCUT2D eigenvalue weighted by Crippen LogP contribution is 2.29. The van der Waals surface area contributed by atoms with Gasteiger partial charge in [-0.05, 0) is 25.5 Å². The van der Waals surface area contributed by atoms with Gasteiger partial charge in [-0.25, -0.2) is 8.42 Å². The molecule has 8 nitrogen and oxygen atoms in total.